The van der Waals surface area contributed by atoms with E-state index in [0.29, 0.717) is 45.8 Å². The third-order valence-electron chi connectivity index (χ3n) is 16.4. The van der Waals surface area contributed by atoms with Gasteiger partial charge in [0.2, 0.25) is 0 Å². The summed E-state index contributed by atoms with van der Waals surface area (Å²) in [5, 5.41) is 0. The van der Waals surface area contributed by atoms with Crippen LogP contribution < -0.4 is 63.1 Å². The molecule has 0 bridgehead atoms. The van der Waals surface area contributed by atoms with E-state index in [-0.39, 0.29) is 0 Å². The van der Waals surface area contributed by atoms with Gasteiger partial charge in [-0.05, 0) is 259 Å². The minimum Gasteiger partial charge on any atom is -0.399 e. The quantitative estimate of drug-likeness (QED) is 0.0667. The Morgan fingerprint density at radius 2 is 0.604 bits per heavy atom. The number of nitrogen functional groups attached to an aromatic ring is 4. The molecule has 0 aliphatic rings. The average molecular weight is 1360 g/mol. The minimum absolute atomic E-state index is 0.639. The van der Waals surface area contributed by atoms with Crippen LogP contribution in [-0.4, -0.2) is 0 Å². The highest BCUT2D eigenvalue weighted by atomic mass is 14.6. The van der Waals surface area contributed by atoms with Crippen molar-refractivity contribution in [1.29, 1.82) is 0 Å². The Hall–Kier alpha value is -9.66. The molecule has 22 N–H and O–H groups in total. The van der Waals surface area contributed by atoms with E-state index in [2.05, 4.69) is 185 Å². The maximum absolute atomic E-state index is 5.68. The molecule has 11 heteroatoms. The minimum atomic E-state index is 0.639. The highest BCUT2D eigenvalue weighted by Crippen LogP contribution is 2.17. The van der Waals surface area contributed by atoms with Gasteiger partial charge in [-0.25, -0.2) is 0 Å². The van der Waals surface area contributed by atoms with Crippen LogP contribution in [0.1, 0.15) is 134 Å². The van der Waals surface area contributed by atoms with Crippen LogP contribution in [-0.2, 0) is 45.8 Å². The number of benzene rings is 11. The van der Waals surface area contributed by atoms with Crippen LogP contribution in [0.15, 0.2) is 231 Å². The maximum atomic E-state index is 5.68. The Morgan fingerprint density at radius 3 is 1.03 bits per heavy atom. The topological polar surface area (TPSA) is 286 Å². The van der Waals surface area contributed by atoms with E-state index in [4.69, 9.17) is 63.1 Å². The van der Waals surface area contributed by atoms with E-state index >= 15 is 0 Å². The van der Waals surface area contributed by atoms with Gasteiger partial charge in [0, 0.05) is 68.6 Å². The van der Waals surface area contributed by atoms with Gasteiger partial charge in [-0.15, -0.1) is 0 Å². The number of aryl methyl sites for hydroxylation is 16. The fourth-order valence-electron chi connectivity index (χ4n) is 9.51. The Morgan fingerprint density at radius 1 is 0.198 bits per heavy atom. The van der Waals surface area contributed by atoms with Crippen molar-refractivity contribution < 1.29 is 0 Å². The van der Waals surface area contributed by atoms with Crippen molar-refractivity contribution in [2.75, 3.05) is 22.9 Å². The molecule has 11 rings (SSSR count). The largest absolute Gasteiger partial charge is 0.399 e. The molecule has 0 aliphatic heterocycles. The summed E-state index contributed by atoms with van der Waals surface area (Å²) in [7, 11) is 0. The Bertz CT molecular complexity index is 3960. The van der Waals surface area contributed by atoms with Crippen molar-refractivity contribution in [3.8, 4) is 0 Å². The third-order valence-corrected chi connectivity index (χ3v) is 16.4. The zero-order valence-corrected chi connectivity index (χ0v) is 64.2. The molecule has 11 aromatic carbocycles. The van der Waals surface area contributed by atoms with Crippen LogP contribution >= 0.6 is 0 Å². The van der Waals surface area contributed by atoms with Crippen LogP contribution in [0.25, 0.3) is 0 Å². The summed E-state index contributed by atoms with van der Waals surface area (Å²) >= 11 is 0. The Kier molecular flexibility index (Phi) is 44.8. The molecule has 101 heavy (non-hydrogen) atoms. The second-order valence-electron chi connectivity index (χ2n) is 25.5. The lowest BCUT2D eigenvalue weighted by atomic mass is 10.0. The zero-order chi connectivity index (χ0) is 76.0. The lowest BCUT2D eigenvalue weighted by Crippen LogP contribution is -1.99. The molecule has 11 nitrogen and oxygen atoms in total. The summed E-state index contributed by atoms with van der Waals surface area (Å²) in [6, 6.07) is 77.6. The van der Waals surface area contributed by atoms with Crippen LogP contribution in [0.3, 0.4) is 0 Å². The summed E-state index contributed by atoms with van der Waals surface area (Å²) in [6.07, 6.45) is 0. The van der Waals surface area contributed by atoms with Gasteiger partial charge in [0.05, 0.1) is 0 Å². The van der Waals surface area contributed by atoms with Crippen molar-refractivity contribution in [3.05, 3.63) is 364 Å². The van der Waals surface area contributed by atoms with Gasteiger partial charge in [0.15, 0.2) is 0 Å². The van der Waals surface area contributed by atoms with Crippen molar-refractivity contribution in [1.82, 2.24) is 0 Å². The van der Waals surface area contributed by atoms with Crippen LogP contribution in [0.4, 0.5) is 22.7 Å². The second-order valence-corrected chi connectivity index (χ2v) is 25.5. The van der Waals surface area contributed by atoms with Crippen molar-refractivity contribution in [3.63, 3.8) is 0 Å². The average Bonchev–Trinajstić information content (AvgIpc) is 1.15. The molecule has 540 valence electrons. The molecular weight excluding hydrogens is 1240 g/mol. The number of hydrogen-bond donors (Lipinski definition) is 11. The first kappa shape index (κ1) is 89.4. The summed E-state index contributed by atoms with van der Waals surface area (Å²) < 4.78 is 0. The van der Waals surface area contributed by atoms with E-state index in [1.54, 1.807) is 0 Å². The summed E-state index contributed by atoms with van der Waals surface area (Å²) in [5.74, 6) is 0. The number of rotatable bonds is 7. The van der Waals surface area contributed by atoms with Gasteiger partial charge in [0.25, 0.3) is 0 Å². The third kappa shape index (κ3) is 38.5. The lowest BCUT2D eigenvalue weighted by Gasteiger charge is -2.04. The molecule has 0 spiro atoms. The molecule has 0 atom stereocenters. The zero-order valence-electron chi connectivity index (χ0n) is 64.2. The molecule has 0 unspecified atom stereocenters. The molecule has 0 saturated carbocycles. The van der Waals surface area contributed by atoms with E-state index < -0.39 is 0 Å². The van der Waals surface area contributed by atoms with Gasteiger partial charge in [-0.3, -0.25) is 0 Å². The van der Waals surface area contributed by atoms with Gasteiger partial charge < -0.3 is 63.1 Å². The van der Waals surface area contributed by atoms with E-state index in [1.807, 2.05) is 163 Å². The van der Waals surface area contributed by atoms with E-state index in [1.165, 1.54) is 117 Å². The first-order valence-electron chi connectivity index (χ1n) is 34.5. The standard InChI is InChI=1S/3C9H13N.7C8H11N.C7H9N/c1-7-3-4-9(6-10)8(2)5-7;1-7-3-4-8(2)9(5-7)6-10;1-7-4-3-5-9(6-10)8(7)2;1-6-3-7(2)5-8(9)4-6;1-6-3-4-8(9)5-7(6)2;1-6-3-4-7(2)8(9)5-6;1-6-4-3-5-7(2)8(6)9;1-7-2-4-8(6-9)5-3-7;1-7-3-2-4-8(5-7)6-9;1-7-4-2-3-5-8(7)6-9;8-6-7-4-2-1-3-5-7/h3*3-5H,6,10H2,1-2H3;4*3-5H,9H2,1-2H3;3*2-5H,6,9H2,1H3;1-5H,6,8H2. The number of hydrogen-bond acceptors (Lipinski definition) is 11. The smallest absolute Gasteiger partial charge is 0.0373 e. The molecule has 0 fully saturated rings. The summed E-state index contributed by atoms with van der Waals surface area (Å²) in [4.78, 5) is 0. The second kappa shape index (κ2) is 50.6. The van der Waals surface area contributed by atoms with Crippen LogP contribution in [0.5, 0.6) is 0 Å². The van der Waals surface area contributed by atoms with Crippen LogP contribution in [0.2, 0.25) is 0 Å². The molecule has 0 radical (unpaired) electrons. The van der Waals surface area contributed by atoms with Crippen molar-refractivity contribution >= 4 is 22.7 Å². The normalized spacial score (nSPS) is 9.62. The molecule has 0 saturated heterocycles. The first-order chi connectivity index (χ1) is 47.9. The molecule has 0 heterocycles. The number of anilines is 4. The van der Waals surface area contributed by atoms with Crippen molar-refractivity contribution in [2.45, 2.75) is 164 Å². The highest BCUT2D eigenvalue weighted by molar-refractivity contribution is 5.52. The highest BCUT2D eigenvalue weighted by Gasteiger charge is 1.99. The van der Waals surface area contributed by atoms with E-state index in [0.717, 1.165) is 39.4 Å². The molecular formula is C90H125N11. The Labute approximate surface area is 610 Å². The number of nitrogens with two attached hydrogens (primary N) is 11. The predicted molar refractivity (Wildman–Crippen MR) is 444 cm³/mol. The SMILES string of the molecule is Cc1cc(C)cc(N)c1.Cc1ccc(C)c(CN)c1.Cc1ccc(C)c(N)c1.Cc1ccc(CN)c(C)c1.Cc1ccc(CN)cc1.Cc1ccc(N)cc1C.Cc1cccc(C)c1N.Cc1cccc(CN)c1.Cc1cccc(CN)c1C.Cc1ccccc1CN.NCc1ccccc1. The van der Waals surface area contributed by atoms with Crippen LogP contribution in [0, 0.1) is 118 Å². The lowest BCUT2D eigenvalue weighted by molar-refractivity contribution is 1.04. The fourth-order valence-corrected chi connectivity index (χ4v) is 9.51. The molecule has 0 aromatic heterocycles. The summed E-state index contributed by atoms with van der Waals surface area (Å²) in [5.41, 5.74) is 94.0. The van der Waals surface area contributed by atoms with Gasteiger partial charge in [-0.1, -0.05) is 222 Å². The Balaban J connectivity index is 0.000000556. The van der Waals surface area contributed by atoms with Gasteiger partial charge >= 0.3 is 0 Å². The van der Waals surface area contributed by atoms with Gasteiger partial charge in [0.1, 0.15) is 0 Å². The number of para-hydroxylation sites is 1. The fraction of sp³-hybridized carbons (Fsp3) is 0.267. The predicted octanol–water partition coefficient (Wildman–Crippen LogP) is 18.3. The molecule has 11 aromatic rings. The van der Waals surface area contributed by atoms with Crippen molar-refractivity contribution in [2.24, 2.45) is 40.1 Å². The first-order valence-corrected chi connectivity index (χ1v) is 34.5. The summed E-state index contributed by atoms with van der Waals surface area (Å²) in [6.45, 7) is 39.6. The van der Waals surface area contributed by atoms with Gasteiger partial charge in [-0.2, -0.15) is 0 Å². The van der Waals surface area contributed by atoms with E-state index in [9.17, 15) is 0 Å². The molecule has 0 amide bonds. The maximum Gasteiger partial charge on any atom is 0.0373 e. The monoisotopic (exact) mass is 1360 g/mol. The molecule has 0 aliphatic carbocycles.